The average molecular weight is 372 g/mol. The third-order valence-corrected chi connectivity index (χ3v) is 3.08. The maximum absolute atomic E-state index is 12.3. The van der Waals surface area contributed by atoms with Crippen LogP contribution in [0.15, 0.2) is 17.2 Å². The Morgan fingerprint density at radius 1 is 1.33 bits per heavy atom. The molecule has 0 aliphatic heterocycles. The molecule has 84 valence electrons. The third kappa shape index (κ3) is 3.45. The normalized spacial score (nSPS) is 12.9. The largest absolute Gasteiger partial charge is 0.416 e. The maximum atomic E-state index is 12.3. The summed E-state index contributed by atoms with van der Waals surface area (Å²) in [6.45, 7) is 0. The minimum absolute atomic E-state index is 0.0957. The lowest BCUT2D eigenvalue weighted by atomic mass is 10.3. The Balaban J connectivity index is 3.43. The molecule has 0 aliphatic carbocycles. The lowest BCUT2D eigenvalue weighted by Gasteiger charge is -2.07. The molecule has 0 fully saturated rings. The van der Waals surface area contributed by atoms with Gasteiger partial charge in [0.05, 0.1) is 5.56 Å². The number of alkyl halides is 3. The van der Waals surface area contributed by atoms with Gasteiger partial charge in [0, 0.05) is 10.7 Å². The van der Waals surface area contributed by atoms with E-state index in [4.69, 9.17) is 10.7 Å². The minimum Gasteiger partial charge on any atom is -0.229 e. The lowest BCUT2D eigenvalue weighted by molar-refractivity contribution is -0.137. The summed E-state index contributed by atoms with van der Waals surface area (Å²) in [5.41, 5.74) is -1.10. The van der Waals surface area contributed by atoms with E-state index in [2.05, 4.69) is 4.98 Å². The van der Waals surface area contributed by atoms with Crippen LogP contribution in [-0.4, -0.2) is 13.4 Å². The van der Waals surface area contributed by atoms with E-state index in [1.807, 2.05) is 0 Å². The molecule has 1 aromatic rings. The highest BCUT2D eigenvalue weighted by Gasteiger charge is 2.32. The molecule has 0 atom stereocenters. The number of aromatic nitrogens is 1. The van der Waals surface area contributed by atoms with Gasteiger partial charge in [0.1, 0.15) is 3.70 Å². The zero-order chi connectivity index (χ0) is 11.9. The van der Waals surface area contributed by atoms with Crippen LogP contribution in [0.3, 0.4) is 0 Å². The highest BCUT2D eigenvalue weighted by atomic mass is 127. The Labute approximate surface area is 101 Å². The fourth-order valence-corrected chi connectivity index (χ4v) is 2.23. The van der Waals surface area contributed by atoms with Crippen molar-refractivity contribution in [2.24, 2.45) is 0 Å². The summed E-state index contributed by atoms with van der Waals surface area (Å²) in [5.74, 6) is 0. The molecule has 0 radical (unpaired) electrons. The molecule has 0 saturated carbocycles. The van der Waals surface area contributed by atoms with Crippen LogP contribution >= 0.6 is 33.3 Å². The van der Waals surface area contributed by atoms with Crippen LogP contribution in [0.4, 0.5) is 13.2 Å². The molecular weight excluding hydrogens is 369 g/mol. The monoisotopic (exact) mass is 371 g/mol. The van der Waals surface area contributed by atoms with Gasteiger partial charge in [-0.1, -0.05) is 0 Å². The van der Waals surface area contributed by atoms with Crippen LogP contribution in [0, 0.1) is 3.70 Å². The number of nitrogens with zero attached hydrogens (tertiary/aromatic N) is 1. The first-order valence-electron chi connectivity index (χ1n) is 3.30. The Morgan fingerprint density at radius 2 is 1.87 bits per heavy atom. The van der Waals surface area contributed by atoms with Crippen molar-refractivity contribution in [2.45, 2.75) is 11.2 Å². The molecule has 0 bridgehead atoms. The Hall–Kier alpha value is -0.0900. The highest BCUT2D eigenvalue weighted by Crippen LogP contribution is 2.31. The van der Waals surface area contributed by atoms with Crippen LogP contribution in [0.1, 0.15) is 5.56 Å². The number of pyridine rings is 1. The standard InChI is InChI=1S/C6H2ClF3INO2S/c7-15(13,14)5-2-3(6(8,9)10)1-4(11)12-5/h1-2H. The summed E-state index contributed by atoms with van der Waals surface area (Å²) in [5, 5.41) is -0.802. The SMILES string of the molecule is O=S(=O)(Cl)c1cc(C(F)(F)F)cc(I)n1. The summed E-state index contributed by atoms with van der Waals surface area (Å²) in [6, 6.07) is 1.12. The highest BCUT2D eigenvalue weighted by molar-refractivity contribution is 14.1. The van der Waals surface area contributed by atoms with Crippen LogP contribution in [0.5, 0.6) is 0 Å². The molecule has 0 aliphatic rings. The average Bonchev–Trinajstić information content (AvgIpc) is 1.99. The molecule has 3 nitrogen and oxygen atoms in total. The summed E-state index contributed by atoms with van der Waals surface area (Å²) < 4.78 is 58.3. The first-order chi connectivity index (χ1) is 6.60. The molecular formula is C6H2ClF3INO2S. The first-order valence-corrected chi connectivity index (χ1v) is 6.69. The predicted octanol–water partition coefficient (Wildman–Crippen LogP) is 2.63. The van der Waals surface area contributed by atoms with Gasteiger partial charge in [0.15, 0.2) is 5.03 Å². The summed E-state index contributed by atoms with van der Waals surface area (Å²) in [6.07, 6.45) is -4.63. The van der Waals surface area contributed by atoms with E-state index in [1.54, 1.807) is 0 Å². The second-order valence-corrected chi connectivity index (χ2v) is 6.07. The lowest BCUT2D eigenvalue weighted by Crippen LogP contribution is -2.08. The molecule has 0 N–H and O–H groups in total. The molecule has 1 heterocycles. The molecule has 0 unspecified atom stereocenters. The van der Waals surface area contributed by atoms with Gasteiger partial charge in [-0.3, -0.25) is 0 Å². The van der Waals surface area contributed by atoms with Crippen molar-refractivity contribution in [3.8, 4) is 0 Å². The first kappa shape index (κ1) is 13.0. The van der Waals surface area contributed by atoms with Crippen LogP contribution in [0.25, 0.3) is 0 Å². The van der Waals surface area contributed by atoms with Gasteiger partial charge < -0.3 is 0 Å². The van der Waals surface area contributed by atoms with Gasteiger partial charge in [0.2, 0.25) is 0 Å². The van der Waals surface area contributed by atoms with E-state index >= 15 is 0 Å². The van der Waals surface area contributed by atoms with Gasteiger partial charge >= 0.3 is 6.18 Å². The molecule has 0 saturated heterocycles. The number of hydrogen-bond acceptors (Lipinski definition) is 3. The molecule has 1 aromatic heterocycles. The summed E-state index contributed by atoms with van der Waals surface area (Å²) in [7, 11) is 0.640. The van der Waals surface area contributed by atoms with Crippen molar-refractivity contribution < 1.29 is 21.6 Å². The molecule has 1 rings (SSSR count). The van der Waals surface area contributed by atoms with Crippen molar-refractivity contribution in [1.29, 1.82) is 0 Å². The molecule has 0 amide bonds. The maximum Gasteiger partial charge on any atom is 0.416 e. The third-order valence-electron chi connectivity index (χ3n) is 1.35. The van der Waals surface area contributed by atoms with Gasteiger partial charge in [-0.05, 0) is 34.7 Å². The van der Waals surface area contributed by atoms with Crippen molar-refractivity contribution in [3.05, 3.63) is 21.4 Å². The van der Waals surface area contributed by atoms with E-state index < -0.39 is 25.8 Å². The van der Waals surface area contributed by atoms with Crippen LogP contribution in [-0.2, 0) is 15.2 Å². The second kappa shape index (κ2) is 4.06. The van der Waals surface area contributed by atoms with Crippen molar-refractivity contribution in [3.63, 3.8) is 0 Å². The van der Waals surface area contributed by atoms with Gasteiger partial charge in [0.25, 0.3) is 9.05 Å². The van der Waals surface area contributed by atoms with E-state index in [-0.39, 0.29) is 3.70 Å². The molecule has 0 aromatic carbocycles. The van der Waals surface area contributed by atoms with Crippen molar-refractivity contribution >= 4 is 42.3 Å². The number of hydrogen-bond donors (Lipinski definition) is 0. The van der Waals surface area contributed by atoms with E-state index in [9.17, 15) is 21.6 Å². The van der Waals surface area contributed by atoms with Gasteiger partial charge in [-0.2, -0.15) is 13.2 Å². The topological polar surface area (TPSA) is 47.0 Å². The zero-order valence-corrected chi connectivity index (χ0v) is 10.4. The minimum atomic E-state index is -4.63. The van der Waals surface area contributed by atoms with E-state index in [0.29, 0.717) is 6.07 Å². The molecule has 9 heteroatoms. The van der Waals surface area contributed by atoms with Crippen LogP contribution < -0.4 is 0 Å². The second-order valence-electron chi connectivity index (χ2n) is 2.45. The van der Waals surface area contributed by atoms with Crippen molar-refractivity contribution in [1.82, 2.24) is 4.98 Å². The summed E-state index contributed by atoms with van der Waals surface area (Å²) >= 11 is 1.48. The fraction of sp³-hybridized carbons (Fsp3) is 0.167. The smallest absolute Gasteiger partial charge is 0.229 e. The fourth-order valence-electron chi connectivity index (χ4n) is 0.761. The van der Waals surface area contributed by atoms with E-state index in [0.717, 1.165) is 6.07 Å². The van der Waals surface area contributed by atoms with Gasteiger partial charge in [-0.15, -0.1) is 0 Å². The van der Waals surface area contributed by atoms with Crippen molar-refractivity contribution in [2.75, 3.05) is 0 Å². The zero-order valence-electron chi connectivity index (χ0n) is 6.72. The molecule has 15 heavy (non-hydrogen) atoms. The van der Waals surface area contributed by atoms with Gasteiger partial charge in [-0.25, -0.2) is 13.4 Å². The number of rotatable bonds is 1. The van der Waals surface area contributed by atoms with Crippen LogP contribution in [0.2, 0.25) is 0 Å². The Morgan fingerprint density at radius 3 is 2.27 bits per heavy atom. The Bertz CT molecular complexity index is 488. The quantitative estimate of drug-likeness (QED) is 0.433. The Kier molecular flexibility index (Phi) is 3.51. The molecule has 0 spiro atoms. The predicted molar refractivity (Wildman–Crippen MR) is 55.0 cm³/mol. The summed E-state index contributed by atoms with van der Waals surface area (Å²) in [4.78, 5) is 3.39. The van der Waals surface area contributed by atoms with E-state index in [1.165, 1.54) is 22.6 Å². The number of halogens is 5.